The van der Waals surface area contributed by atoms with Crippen molar-refractivity contribution in [1.29, 1.82) is 0 Å². The van der Waals surface area contributed by atoms with Crippen molar-refractivity contribution in [2.45, 2.75) is 25.8 Å². The van der Waals surface area contributed by atoms with Gasteiger partial charge in [0.2, 0.25) is 11.8 Å². The van der Waals surface area contributed by atoms with E-state index in [-0.39, 0.29) is 37.0 Å². The van der Waals surface area contributed by atoms with Crippen LogP contribution in [0, 0.1) is 5.82 Å². The second-order valence-corrected chi connectivity index (χ2v) is 5.83. The fourth-order valence-corrected chi connectivity index (χ4v) is 2.41. The largest absolute Gasteiger partial charge is 0.494 e. The van der Waals surface area contributed by atoms with Gasteiger partial charge in [0, 0.05) is 25.9 Å². The Balaban J connectivity index is 1.62. The molecule has 0 aliphatic rings. The second kappa shape index (κ2) is 10.2. The number of amides is 2. The first kappa shape index (κ1) is 19.4. The zero-order chi connectivity index (χ0) is 18.8. The highest BCUT2D eigenvalue weighted by Gasteiger charge is 2.07. The molecule has 0 atom stereocenters. The molecule has 0 fully saturated rings. The van der Waals surface area contributed by atoms with E-state index in [0.717, 1.165) is 11.1 Å². The number of carbonyl (C=O) groups is 2. The molecule has 0 unspecified atom stereocenters. The topological polar surface area (TPSA) is 67.4 Å². The Kier molecular flexibility index (Phi) is 7.61. The van der Waals surface area contributed by atoms with Crippen molar-refractivity contribution in [3.63, 3.8) is 0 Å². The van der Waals surface area contributed by atoms with Crippen molar-refractivity contribution < 1.29 is 18.7 Å². The molecule has 6 heteroatoms. The highest BCUT2D eigenvalue weighted by atomic mass is 19.1. The molecule has 26 heavy (non-hydrogen) atoms. The van der Waals surface area contributed by atoms with Crippen LogP contribution in [0.15, 0.2) is 48.5 Å². The molecule has 0 aromatic heterocycles. The number of rotatable bonds is 9. The van der Waals surface area contributed by atoms with Gasteiger partial charge in [-0.2, -0.15) is 0 Å². The maximum Gasteiger partial charge on any atom is 0.222 e. The van der Waals surface area contributed by atoms with Gasteiger partial charge in [-0.15, -0.1) is 0 Å². The molecule has 0 saturated carbocycles. The van der Waals surface area contributed by atoms with Crippen LogP contribution >= 0.6 is 0 Å². The molecule has 0 aliphatic carbocycles. The van der Waals surface area contributed by atoms with Crippen molar-refractivity contribution in [1.82, 2.24) is 10.6 Å². The summed E-state index contributed by atoms with van der Waals surface area (Å²) in [7, 11) is 1.40. The Morgan fingerprint density at radius 2 is 1.69 bits per heavy atom. The maximum atomic E-state index is 13.6. The summed E-state index contributed by atoms with van der Waals surface area (Å²) in [6, 6.07) is 14.2. The quantitative estimate of drug-likeness (QED) is 0.724. The van der Waals surface area contributed by atoms with Gasteiger partial charge in [-0.3, -0.25) is 9.59 Å². The maximum absolute atomic E-state index is 13.6. The Hall–Kier alpha value is -2.89. The third-order valence-corrected chi connectivity index (χ3v) is 3.86. The molecule has 2 amide bonds. The van der Waals surface area contributed by atoms with E-state index in [1.807, 2.05) is 30.3 Å². The van der Waals surface area contributed by atoms with E-state index in [1.165, 1.54) is 13.2 Å². The minimum atomic E-state index is -0.444. The van der Waals surface area contributed by atoms with E-state index in [4.69, 9.17) is 4.74 Å². The molecule has 0 spiro atoms. The number of ether oxygens (including phenoxy) is 1. The standard InChI is InChI=1S/C20H23FN2O3/c1-26-18-9-7-15(13-17(18)21)8-10-19(24)22-12-11-20(25)23-14-16-5-3-2-4-6-16/h2-7,9,13H,8,10-12,14H2,1H3,(H,22,24)(H,23,25). The van der Waals surface area contributed by atoms with Crippen LogP contribution in [0.1, 0.15) is 24.0 Å². The predicted molar refractivity (Wildman–Crippen MR) is 97.2 cm³/mol. The average Bonchev–Trinajstić information content (AvgIpc) is 2.65. The summed E-state index contributed by atoms with van der Waals surface area (Å²) in [6.45, 7) is 0.743. The fraction of sp³-hybridized carbons (Fsp3) is 0.300. The van der Waals surface area contributed by atoms with Crippen LogP contribution in [0.5, 0.6) is 5.75 Å². The lowest BCUT2D eigenvalue weighted by Crippen LogP contribution is -2.30. The van der Waals surface area contributed by atoms with Crippen LogP contribution in [-0.4, -0.2) is 25.5 Å². The van der Waals surface area contributed by atoms with Gasteiger partial charge in [0.15, 0.2) is 11.6 Å². The van der Waals surface area contributed by atoms with E-state index in [0.29, 0.717) is 13.0 Å². The van der Waals surface area contributed by atoms with Crippen molar-refractivity contribution in [2.75, 3.05) is 13.7 Å². The molecule has 0 bridgehead atoms. The highest BCUT2D eigenvalue weighted by Crippen LogP contribution is 2.18. The highest BCUT2D eigenvalue weighted by molar-refractivity contribution is 5.79. The number of aryl methyl sites for hydroxylation is 1. The van der Waals surface area contributed by atoms with Gasteiger partial charge in [-0.1, -0.05) is 36.4 Å². The number of benzene rings is 2. The van der Waals surface area contributed by atoms with Gasteiger partial charge < -0.3 is 15.4 Å². The molecular formula is C20H23FN2O3. The fourth-order valence-electron chi connectivity index (χ4n) is 2.41. The summed E-state index contributed by atoms with van der Waals surface area (Å²) in [4.78, 5) is 23.6. The van der Waals surface area contributed by atoms with Crippen molar-refractivity contribution in [3.8, 4) is 5.75 Å². The van der Waals surface area contributed by atoms with Crippen molar-refractivity contribution in [2.24, 2.45) is 0 Å². The van der Waals surface area contributed by atoms with E-state index < -0.39 is 5.82 Å². The first-order valence-corrected chi connectivity index (χ1v) is 8.48. The van der Waals surface area contributed by atoms with Crippen LogP contribution in [-0.2, 0) is 22.6 Å². The van der Waals surface area contributed by atoms with E-state index in [9.17, 15) is 14.0 Å². The summed E-state index contributed by atoms with van der Waals surface area (Å²) in [6.07, 6.45) is 0.875. The molecule has 2 N–H and O–H groups in total. The second-order valence-electron chi connectivity index (χ2n) is 5.83. The molecule has 0 saturated heterocycles. The van der Waals surface area contributed by atoms with Crippen molar-refractivity contribution in [3.05, 3.63) is 65.5 Å². The van der Waals surface area contributed by atoms with Gasteiger partial charge >= 0.3 is 0 Å². The van der Waals surface area contributed by atoms with Gasteiger partial charge in [-0.05, 0) is 29.7 Å². The van der Waals surface area contributed by atoms with Gasteiger partial charge in [0.1, 0.15) is 0 Å². The number of carbonyl (C=O) groups excluding carboxylic acids is 2. The number of methoxy groups -OCH3 is 1. The Bertz CT molecular complexity index is 735. The Labute approximate surface area is 152 Å². The minimum absolute atomic E-state index is 0.119. The lowest BCUT2D eigenvalue weighted by molar-refractivity contribution is -0.122. The summed E-state index contributed by atoms with van der Waals surface area (Å²) < 4.78 is 18.4. The van der Waals surface area contributed by atoms with E-state index >= 15 is 0 Å². The molecule has 0 radical (unpaired) electrons. The monoisotopic (exact) mass is 358 g/mol. The third kappa shape index (κ3) is 6.55. The van der Waals surface area contributed by atoms with Crippen molar-refractivity contribution >= 4 is 11.8 Å². The minimum Gasteiger partial charge on any atom is -0.494 e. The number of hydrogen-bond donors (Lipinski definition) is 2. The summed E-state index contributed by atoms with van der Waals surface area (Å²) in [5.41, 5.74) is 1.75. The molecule has 138 valence electrons. The smallest absolute Gasteiger partial charge is 0.222 e. The first-order valence-electron chi connectivity index (χ1n) is 8.48. The van der Waals surface area contributed by atoms with Crippen LogP contribution < -0.4 is 15.4 Å². The van der Waals surface area contributed by atoms with E-state index in [1.54, 1.807) is 12.1 Å². The third-order valence-electron chi connectivity index (χ3n) is 3.86. The summed E-state index contributed by atoms with van der Waals surface area (Å²) in [5.74, 6) is -0.552. The Morgan fingerprint density at radius 1 is 0.962 bits per heavy atom. The van der Waals surface area contributed by atoms with Crippen LogP contribution in [0.3, 0.4) is 0 Å². The van der Waals surface area contributed by atoms with E-state index in [2.05, 4.69) is 10.6 Å². The molecule has 2 aromatic rings. The first-order chi connectivity index (χ1) is 12.6. The molecule has 5 nitrogen and oxygen atoms in total. The van der Waals surface area contributed by atoms with Crippen LogP contribution in [0.2, 0.25) is 0 Å². The Morgan fingerprint density at radius 3 is 2.38 bits per heavy atom. The predicted octanol–water partition coefficient (Wildman–Crippen LogP) is 2.59. The number of hydrogen-bond acceptors (Lipinski definition) is 3. The molecule has 2 aromatic carbocycles. The number of halogens is 1. The van der Waals surface area contributed by atoms with Crippen LogP contribution in [0.25, 0.3) is 0 Å². The lowest BCUT2D eigenvalue weighted by Gasteiger charge is -2.08. The number of nitrogens with one attached hydrogen (secondary N) is 2. The molecule has 0 aliphatic heterocycles. The zero-order valence-corrected chi connectivity index (χ0v) is 14.8. The van der Waals surface area contributed by atoms with Gasteiger partial charge in [-0.25, -0.2) is 4.39 Å². The normalized spacial score (nSPS) is 10.2. The molecule has 2 rings (SSSR count). The van der Waals surface area contributed by atoms with Gasteiger partial charge in [0.25, 0.3) is 0 Å². The molecule has 0 heterocycles. The van der Waals surface area contributed by atoms with Gasteiger partial charge in [0.05, 0.1) is 7.11 Å². The summed E-state index contributed by atoms with van der Waals surface area (Å²) >= 11 is 0. The molecular weight excluding hydrogens is 335 g/mol. The average molecular weight is 358 g/mol. The zero-order valence-electron chi connectivity index (χ0n) is 14.8. The summed E-state index contributed by atoms with van der Waals surface area (Å²) in [5, 5.41) is 5.50. The lowest BCUT2D eigenvalue weighted by atomic mass is 10.1. The van der Waals surface area contributed by atoms with Crippen LogP contribution in [0.4, 0.5) is 4.39 Å². The SMILES string of the molecule is COc1ccc(CCC(=O)NCCC(=O)NCc2ccccc2)cc1F.